The zero-order valence-corrected chi connectivity index (χ0v) is 20.9. The van der Waals surface area contributed by atoms with Crippen LogP contribution in [0.3, 0.4) is 0 Å². The van der Waals surface area contributed by atoms with Crippen LogP contribution < -0.4 is 25.4 Å². The van der Waals surface area contributed by atoms with Crippen LogP contribution in [0.25, 0.3) is 0 Å². The number of hydrogen-bond acceptors (Lipinski definition) is 7. The Morgan fingerprint density at radius 1 is 1.43 bits per heavy atom. The van der Waals surface area contributed by atoms with E-state index in [0.717, 1.165) is 24.7 Å². The first-order valence-corrected chi connectivity index (χ1v) is 11.9. The molecule has 0 saturated carbocycles. The fourth-order valence-corrected chi connectivity index (χ4v) is 4.40. The van der Waals surface area contributed by atoms with Crippen LogP contribution in [0.4, 0.5) is 10.1 Å². The summed E-state index contributed by atoms with van der Waals surface area (Å²) < 4.78 is 30.8. The number of nitrogens with zero attached hydrogens (tertiary/aromatic N) is 1. The number of aromatic nitrogens is 1. The van der Waals surface area contributed by atoms with Gasteiger partial charge in [0.1, 0.15) is 28.8 Å². The Bertz CT molecular complexity index is 1170. The van der Waals surface area contributed by atoms with Gasteiger partial charge in [0.15, 0.2) is 5.75 Å². The van der Waals surface area contributed by atoms with E-state index < -0.39 is 5.82 Å². The van der Waals surface area contributed by atoms with Crippen LogP contribution >= 0.6 is 23.8 Å². The smallest absolute Gasteiger partial charge is 0.256 e. The van der Waals surface area contributed by atoms with E-state index in [1.807, 2.05) is 13.0 Å². The first-order chi connectivity index (χ1) is 16.8. The van der Waals surface area contributed by atoms with E-state index in [1.165, 1.54) is 13.2 Å². The van der Waals surface area contributed by atoms with Gasteiger partial charge in [-0.25, -0.2) is 4.39 Å². The van der Waals surface area contributed by atoms with Crippen molar-refractivity contribution in [2.45, 2.75) is 31.9 Å². The van der Waals surface area contributed by atoms with Crippen molar-refractivity contribution in [2.24, 2.45) is 0 Å². The van der Waals surface area contributed by atoms with Gasteiger partial charge in [0.05, 0.1) is 36.2 Å². The van der Waals surface area contributed by atoms with E-state index in [-0.39, 0.29) is 38.5 Å². The van der Waals surface area contributed by atoms with Gasteiger partial charge >= 0.3 is 0 Å². The van der Waals surface area contributed by atoms with Crippen LogP contribution in [0, 0.1) is 5.82 Å². The second-order valence-corrected chi connectivity index (χ2v) is 9.27. The molecule has 8 nitrogen and oxygen atoms in total. The Kier molecular flexibility index (Phi) is 7.73. The van der Waals surface area contributed by atoms with Crippen LogP contribution in [0.5, 0.6) is 11.5 Å². The topological polar surface area (TPSA) is 93.7 Å². The average Bonchev–Trinajstić information content (AvgIpc) is 2.80. The quantitative estimate of drug-likeness (QED) is 0.431. The second kappa shape index (κ2) is 10.8. The van der Waals surface area contributed by atoms with Crippen molar-refractivity contribution in [1.82, 2.24) is 15.6 Å². The third kappa shape index (κ3) is 5.83. The predicted octanol–water partition coefficient (Wildman–Crippen LogP) is 3.74. The average molecular weight is 521 g/mol. The number of benzene rings is 1. The van der Waals surface area contributed by atoms with Crippen molar-refractivity contribution < 1.29 is 23.4 Å². The first-order valence-electron chi connectivity index (χ1n) is 11.1. The molecule has 2 aliphatic rings. The molecule has 1 atom stereocenters. The number of rotatable bonds is 9. The molecule has 11 heteroatoms. The molecular formula is C24H26ClFN4O4S. The molecule has 35 heavy (non-hydrogen) atoms. The van der Waals surface area contributed by atoms with Crippen molar-refractivity contribution in [1.29, 1.82) is 0 Å². The first kappa shape index (κ1) is 25.2. The molecule has 2 aliphatic heterocycles. The molecule has 4 rings (SSSR count). The maximum atomic E-state index is 13.9. The number of nitrogens with one attached hydrogen (secondary N) is 3. The molecule has 0 aliphatic carbocycles. The molecule has 0 bridgehead atoms. The molecule has 1 aromatic carbocycles. The lowest BCUT2D eigenvalue weighted by Crippen LogP contribution is -2.45. The van der Waals surface area contributed by atoms with Crippen molar-refractivity contribution in [3.8, 4) is 11.5 Å². The molecule has 0 radical (unpaired) electrons. The molecule has 3 heterocycles. The maximum Gasteiger partial charge on any atom is 0.256 e. The summed E-state index contributed by atoms with van der Waals surface area (Å²) >= 11 is 11.6. The largest absolute Gasteiger partial charge is 0.493 e. The summed E-state index contributed by atoms with van der Waals surface area (Å²) in [6, 6.07) is 4.20. The number of thiocarbonyl (C=S) groups is 1. The summed E-state index contributed by atoms with van der Waals surface area (Å²) in [6.07, 6.45) is 4.82. The monoisotopic (exact) mass is 520 g/mol. The van der Waals surface area contributed by atoms with E-state index in [0.29, 0.717) is 37.6 Å². The molecule has 2 aromatic rings. The van der Waals surface area contributed by atoms with Gasteiger partial charge in [0.2, 0.25) is 0 Å². The van der Waals surface area contributed by atoms with Crippen LogP contribution in [0.15, 0.2) is 41.9 Å². The second-order valence-electron chi connectivity index (χ2n) is 8.46. The van der Waals surface area contributed by atoms with Gasteiger partial charge in [0.25, 0.3) is 5.91 Å². The summed E-state index contributed by atoms with van der Waals surface area (Å²) in [7, 11) is 1.42. The maximum absolute atomic E-state index is 13.9. The van der Waals surface area contributed by atoms with Gasteiger partial charge in [-0.15, -0.1) is 0 Å². The van der Waals surface area contributed by atoms with Gasteiger partial charge in [0, 0.05) is 49.5 Å². The van der Waals surface area contributed by atoms with Crippen LogP contribution in [0.2, 0.25) is 5.02 Å². The van der Waals surface area contributed by atoms with E-state index in [4.69, 9.17) is 38.0 Å². The lowest BCUT2D eigenvalue weighted by molar-refractivity contribution is -0.152. The minimum Gasteiger partial charge on any atom is -0.493 e. The molecule has 0 spiro atoms. The SMILES string of the molecule is COc1c(Cl)cc(F)cc1NC(=S)C1=C(NCc2ccncc2OCC2(C)CCO2)CCNC1=O. The number of carbonyl (C=O) groups excluding carboxylic acids is 1. The zero-order valence-electron chi connectivity index (χ0n) is 19.4. The molecule has 1 aromatic heterocycles. The standard InChI is InChI=1S/C24H26ClFN4O4S/c1-24(5-8-34-24)13-33-19-12-27-6-3-14(19)11-29-17-4-7-28-22(31)20(17)23(35)30-18-10-15(26)9-16(25)21(18)32-2/h3,6,9-10,12,29H,4-5,7-8,11,13H2,1-2H3,(H,28,31)(H,30,35). The van der Waals surface area contributed by atoms with Gasteiger partial charge in [-0.05, 0) is 19.1 Å². The number of anilines is 1. The van der Waals surface area contributed by atoms with Gasteiger partial charge in [-0.2, -0.15) is 0 Å². The lowest BCUT2D eigenvalue weighted by atomic mass is 9.99. The minimum atomic E-state index is -0.562. The third-order valence-corrected chi connectivity index (χ3v) is 6.44. The fraction of sp³-hybridized carbons (Fsp3) is 0.375. The van der Waals surface area contributed by atoms with Crippen molar-refractivity contribution in [3.05, 3.63) is 58.3 Å². The van der Waals surface area contributed by atoms with E-state index in [1.54, 1.807) is 12.4 Å². The van der Waals surface area contributed by atoms with E-state index in [9.17, 15) is 9.18 Å². The summed E-state index contributed by atoms with van der Waals surface area (Å²) in [4.78, 5) is 17.0. The highest BCUT2D eigenvalue weighted by Crippen LogP contribution is 2.34. The summed E-state index contributed by atoms with van der Waals surface area (Å²) in [6.45, 7) is 4.02. The van der Waals surface area contributed by atoms with Crippen molar-refractivity contribution >= 4 is 40.4 Å². The minimum absolute atomic E-state index is 0.0876. The fourth-order valence-electron chi connectivity index (χ4n) is 3.80. The summed E-state index contributed by atoms with van der Waals surface area (Å²) in [5, 5.41) is 9.11. The number of amides is 1. The summed E-state index contributed by atoms with van der Waals surface area (Å²) in [5.74, 6) is -0.0321. The van der Waals surface area contributed by atoms with Crippen molar-refractivity contribution in [2.75, 3.05) is 32.2 Å². The van der Waals surface area contributed by atoms with E-state index >= 15 is 0 Å². The number of ether oxygens (including phenoxy) is 3. The lowest BCUT2D eigenvalue weighted by Gasteiger charge is -2.38. The van der Waals surface area contributed by atoms with Gasteiger partial charge < -0.3 is 30.2 Å². The summed E-state index contributed by atoms with van der Waals surface area (Å²) in [5.41, 5.74) is 1.74. The Morgan fingerprint density at radius 2 is 2.23 bits per heavy atom. The van der Waals surface area contributed by atoms with Crippen molar-refractivity contribution in [3.63, 3.8) is 0 Å². The Labute approximate surface area is 213 Å². The molecule has 1 fully saturated rings. The molecule has 3 N–H and O–H groups in total. The number of carbonyl (C=O) groups is 1. The van der Waals surface area contributed by atoms with Gasteiger partial charge in [-0.1, -0.05) is 23.8 Å². The number of methoxy groups -OCH3 is 1. The molecule has 1 amide bonds. The number of hydrogen-bond donors (Lipinski definition) is 3. The Morgan fingerprint density at radius 3 is 2.94 bits per heavy atom. The normalized spacial score (nSPS) is 19.5. The predicted molar refractivity (Wildman–Crippen MR) is 134 cm³/mol. The highest BCUT2D eigenvalue weighted by molar-refractivity contribution is 7.81. The Hall–Kier alpha value is -2.95. The molecule has 186 valence electrons. The Balaban J connectivity index is 1.52. The van der Waals surface area contributed by atoms with Crippen LogP contribution in [0.1, 0.15) is 25.3 Å². The molecule has 1 saturated heterocycles. The highest BCUT2D eigenvalue weighted by atomic mass is 35.5. The number of halogens is 2. The van der Waals surface area contributed by atoms with E-state index in [2.05, 4.69) is 20.9 Å². The van der Waals surface area contributed by atoms with Gasteiger partial charge in [-0.3, -0.25) is 9.78 Å². The number of pyridine rings is 1. The third-order valence-electron chi connectivity index (χ3n) is 5.85. The molecular weight excluding hydrogens is 495 g/mol. The molecule has 1 unspecified atom stereocenters. The highest BCUT2D eigenvalue weighted by Gasteiger charge is 2.34. The van der Waals surface area contributed by atoms with Crippen LogP contribution in [-0.2, 0) is 16.1 Å². The van der Waals surface area contributed by atoms with Crippen LogP contribution in [-0.4, -0.2) is 48.3 Å². The zero-order chi connectivity index (χ0) is 25.0.